The lowest BCUT2D eigenvalue weighted by atomic mass is 10.1. The molecule has 5 rings (SSSR count). The summed E-state index contributed by atoms with van der Waals surface area (Å²) in [5.74, 6) is -0.616. The number of carbonyl (C=O) groups is 1. The summed E-state index contributed by atoms with van der Waals surface area (Å²) in [6, 6.07) is 18.3. The van der Waals surface area contributed by atoms with E-state index in [0.29, 0.717) is 28.0 Å². The Kier molecular flexibility index (Phi) is 5.43. The van der Waals surface area contributed by atoms with E-state index in [1.54, 1.807) is 55.6 Å². The third-order valence-electron chi connectivity index (χ3n) is 5.27. The fourth-order valence-electron chi connectivity index (χ4n) is 3.66. The maximum Gasteiger partial charge on any atom is 0.259 e. The second kappa shape index (κ2) is 8.70. The third kappa shape index (κ3) is 4.06. The first-order valence-corrected chi connectivity index (χ1v) is 10.4. The van der Waals surface area contributed by atoms with E-state index in [2.05, 4.69) is 20.4 Å². The Morgan fingerprint density at radius 1 is 1.09 bits per heavy atom. The summed E-state index contributed by atoms with van der Waals surface area (Å²) in [4.78, 5) is 34.3. The lowest BCUT2D eigenvalue weighted by Gasteiger charge is -2.13. The first-order valence-electron chi connectivity index (χ1n) is 10.4. The second-order valence-electron chi connectivity index (χ2n) is 7.67. The fourth-order valence-corrected chi connectivity index (χ4v) is 3.66. The largest absolute Gasteiger partial charge is 0.334 e. The summed E-state index contributed by atoms with van der Waals surface area (Å²) >= 11 is 0. The van der Waals surface area contributed by atoms with Crippen LogP contribution in [0, 0.1) is 12.7 Å². The number of benzene rings is 2. The summed E-state index contributed by atoms with van der Waals surface area (Å²) < 4.78 is 20.9. The van der Waals surface area contributed by atoms with Crippen LogP contribution < -0.4 is 10.9 Å². The monoisotopic (exact) mass is 455 g/mol. The number of aromatic nitrogens is 4. The molecule has 0 saturated heterocycles. The number of fused-ring (bicyclic) bond motifs is 1. The third-order valence-corrected chi connectivity index (χ3v) is 5.27. The van der Waals surface area contributed by atoms with Gasteiger partial charge >= 0.3 is 0 Å². The van der Waals surface area contributed by atoms with E-state index in [9.17, 15) is 14.0 Å². The molecule has 5 aromatic rings. The summed E-state index contributed by atoms with van der Waals surface area (Å²) in [5.41, 5.74) is 1.83. The van der Waals surface area contributed by atoms with Gasteiger partial charge in [-0.25, -0.2) is 4.39 Å². The van der Waals surface area contributed by atoms with Gasteiger partial charge < -0.3 is 9.84 Å². The number of anilines is 1. The van der Waals surface area contributed by atoms with E-state index in [1.165, 1.54) is 22.8 Å². The van der Waals surface area contributed by atoms with Crippen molar-refractivity contribution >= 4 is 22.5 Å². The molecule has 8 nitrogen and oxygen atoms in total. The molecule has 0 aliphatic carbocycles. The van der Waals surface area contributed by atoms with Crippen molar-refractivity contribution in [3.63, 3.8) is 0 Å². The van der Waals surface area contributed by atoms with Crippen molar-refractivity contribution < 1.29 is 13.7 Å². The second-order valence-corrected chi connectivity index (χ2v) is 7.67. The molecule has 0 bridgehead atoms. The summed E-state index contributed by atoms with van der Waals surface area (Å²) in [7, 11) is 0. The minimum absolute atomic E-state index is 0.0532. The number of amides is 1. The van der Waals surface area contributed by atoms with Crippen LogP contribution in [0.3, 0.4) is 0 Å². The van der Waals surface area contributed by atoms with Gasteiger partial charge in [0, 0.05) is 17.6 Å². The first-order chi connectivity index (χ1) is 16.5. The van der Waals surface area contributed by atoms with Crippen molar-refractivity contribution in [1.29, 1.82) is 0 Å². The highest BCUT2D eigenvalue weighted by atomic mass is 19.1. The minimum atomic E-state index is -0.541. The van der Waals surface area contributed by atoms with Crippen LogP contribution in [-0.4, -0.2) is 25.6 Å². The standard InChI is InChI=1S/C25H18FN5O3/c1-15-9-10-19(18(26)12-15)28-22(32)14-31-21-8-3-2-6-16(21)17(13-23(31)33)25-29-24(30-34-25)20-7-4-5-11-27-20/h2-13H,14H2,1H3,(H,28,32). The van der Waals surface area contributed by atoms with Crippen LogP contribution in [0.2, 0.25) is 0 Å². The van der Waals surface area contributed by atoms with Gasteiger partial charge in [-0.2, -0.15) is 4.98 Å². The number of hydrogen-bond donors (Lipinski definition) is 1. The van der Waals surface area contributed by atoms with E-state index in [-0.39, 0.29) is 18.1 Å². The first kappa shape index (κ1) is 21.2. The quantitative estimate of drug-likeness (QED) is 0.426. The van der Waals surface area contributed by atoms with Crippen LogP contribution in [0.5, 0.6) is 0 Å². The van der Waals surface area contributed by atoms with E-state index in [0.717, 1.165) is 5.56 Å². The molecule has 0 radical (unpaired) electrons. The van der Waals surface area contributed by atoms with Crippen molar-refractivity contribution in [3.05, 3.63) is 94.7 Å². The van der Waals surface area contributed by atoms with Gasteiger partial charge in [-0.05, 0) is 42.8 Å². The number of nitrogens with zero attached hydrogens (tertiary/aromatic N) is 4. The van der Waals surface area contributed by atoms with Gasteiger partial charge in [0.1, 0.15) is 18.1 Å². The predicted molar refractivity (Wildman–Crippen MR) is 124 cm³/mol. The van der Waals surface area contributed by atoms with E-state index < -0.39 is 17.3 Å². The lowest BCUT2D eigenvalue weighted by molar-refractivity contribution is -0.116. The molecular formula is C25H18FN5O3. The molecule has 34 heavy (non-hydrogen) atoms. The van der Waals surface area contributed by atoms with Gasteiger partial charge in [0.2, 0.25) is 11.7 Å². The van der Waals surface area contributed by atoms with Crippen LogP contribution in [0.4, 0.5) is 10.1 Å². The number of rotatable bonds is 5. The van der Waals surface area contributed by atoms with E-state index >= 15 is 0 Å². The number of halogens is 1. The summed E-state index contributed by atoms with van der Waals surface area (Å²) in [6.45, 7) is 1.46. The van der Waals surface area contributed by atoms with Crippen molar-refractivity contribution in [2.45, 2.75) is 13.5 Å². The molecule has 0 atom stereocenters. The van der Waals surface area contributed by atoms with Gasteiger partial charge in [0.15, 0.2) is 0 Å². The lowest BCUT2D eigenvalue weighted by Crippen LogP contribution is -2.28. The maximum atomic E-state index is 14.1. The number of nitrogens with one attached hydrogen (secondary N) is 1. The predicted octanol–water partition coefficient (Wildman–Crippen LogP) is 4.20. The van der Waals surface area contributed by atoms with Gasteiger partial charge in [-0.1, -0.05) is 35.5 Å². The van der Waals surface area contributed by atoms with Crippen LogP contribution in [-0.2, 0) is 11.3 Å². The highest BCUT2D eigenvalue weighted by Crippen LogP contribution is 2.27. The minimum Gasteiger partial charge on any atom is -0.334 e. The smallest absolute Gasteiger partial charge is 0.259 e. The molecule has 3 heterocycles. The molecule has 2 aromatic carbocycles. The maximum absolute atomic E-state index is 14.1. The normalized spacial score (nSPS) is 11.0. The summed E-state index contributed by atoms with van der Waals surface area (Å²) in [5, 5.41) is 7.14. The Hall–Kier alpha value is -4.66. The molecule has 168 valence electrons. The van der Waals surface area contributed by atoms with Crippen molar-refractivity contribution in [2.24, 2.45) is 0 Å². The Morgan fingerprint density at radius 2 is 1.91 bits per heavy atom. The Balaban J connectivity index is 1.50. The van der Waals surface area contributed by atoms with Crippen molar-refractivity contribution in [1.82, 2.24) is 19.7 Å². The number of hydrogen-bond acceptors (Lipinski definition) is 6. The van der Waals surface area contributed by atoms with Gasteiger partial charge in [-0.15, -0.1) is 0 Å². The molecule has 3 aromatic heterocycles. The zero-order valence-electron chi connectivity index (χ0n) is 18.0. The molecule has 0 aliphatic rings. The fraction of sp³-hybridized carbons (Fsp3) is 0.0800. The van der Waals surface area contributed by atoms with E-state index in [4.69, 9.17) is 4.52 Å². The van der Waals surface area contributed by atoms with Gasteiger partial charge in [-0.3, -0.25) is 19.1 Å². The average Bonchev–Trinajstić information content (AvgIpc) is 3.33. The SMILES string of the molecule is Cc1ccc(NC(=O)Cn2c(=O)cc(-c3nc(-c4ccccn4)no3)c3ccccc32)c(F)c1. The molecule has 0 saturated carbocycles. The summed E-state index contributed by atoms with van der Waals surface area (Å²) in [6.07, 6.45) is 1.62. The number of carbonyl (C=O) groups excluding carboxylic acids is 1. The number of aryl methyl sites for hydroxylation is 1. The Labute approximate surface area is 192 Å². The topological polar surface area (TPSA) is 103 Å². The van der Waals surface area contributed by atoms with Gasteiger partial charge in [0.05, 0.1) is 16.8 Å². The van der Waals surface area contributed by atoms with Crippen LogP contribution >= 0.6 is 0 Å². The molecular weight excluding hydrogens is 437 g/mol. The molecule has 1 N–H and O–H groups in total. The highest BCUT2D eigenvalue weighted by Gasteiger charge is 2.18. The van der Waals surface area contributed by atoms with Crippen molar-refractivity contribution in [2.75, 3.05) is 5.32 Å². The number of para-hydroxylation sites is 1. The van der Waals surface area contributed by atoms with E-state index in [1.807, 2.05) is 6.07 Å². The molecule has 9 heteroatoms. The van der Waals surface area contributed by atoms with Crippen LogP contribution in [0.15, 0.2) is 82.2 Å². The molecule has 0 unspecified atom stereocenters. The highest BCUT2D eigenvalue weighted by molar-refractivity contribution is 5.95. The Morgan fingerprint density at radius 3 is 2.71 bits per heavy atom. The van der Waals surface area contributed by atoms with Crippen molar-refractivity contribution in [3.8, 4) is 23.0 Å². The average molecular weight is 455 g/mol. The van der Waals surface area contributed by atoms with Gasteiger partial charge in [0.25, 0.3) is 11.4 Å². The number of pyridine rings is 2. The molecule has 0 spiro atoms. The zero-order chi connectivity index (χ0) is 23.7. The zero-order valence-corrected chi connectivity index (χ0v) is 18.0. The Bertz CT molecular complexity index is 1580. The van der Waals surface area contributed by atoms with Crippen LogP contribution in [0.25, 0.3) is 33.9 Å². The van der Waals surface area contributed by atoms with Crippen LogP contribution in [0.1, 0.15) is 5.56 Å². The molecule has 0 aliphatic heterocycles. The molecule has 0 fully saturated rings. The molecule has 1 amide bonds.